The van der Waals surface area contributed by atoms with E-state index in [9.17, 15) is 14.3 Å². The molecule has 1 fully saturated rings. The van der Waals surface area contributed by atoms with Gasteiger partial charge >= 0.3 is 0 Å². The Kier molecular flexibility index (Phi) is 4.82. The molecule has 0 spiro atoms. The summed E-state index contributed by atoms with van der Waals surface area (Å²) in [6.07, 6.45) is 1.36. The number of hydrogen-bond donors (Lipinski definition) is 3. The van der Waals surface area contributed by atoms with Crippen molar-refractivity contribution < 1.29 is 14.3 Å². The number of nitrogens with zero attached hydrogens (tertiary/aromatic N) is 1. The van der Waals surface area contributed by atoms with Crippen molar-refractivity contribution in [3.05, 3.63) is 46.2 Å². The van der Waals surface area contributed by atoms with Gasteiger partial charge in [-0.3, -0.25) is 4.79 Å². The second kappa shape index (κ2) is 6.86. The Morgan fingerprint density at radius 1 is 1.46 bits per heavy atom. The topological polar surface area (TPSA) is 74.2 Å². The molecule has 1 aromatic heterocycles. The quantitative estimate of drug-likeness (QED) is 0.749. The van der Waals surface area contributed by atoms with Crippen LogP contribution in [0.1, 0.15) is 47.5 Å². The molecule has 128 valence electrons. The number of halogens is 1. The monoisotopic (exact) mass is 349 g/mol. The zero-order valence-corrected chi connectivity index (χ0v) is 14.4. The molecule has 2 atom stereocenters. The third kappa shape index (κ3) is 3.91. The van der Waals surface area contributed by atoms with E-state index in [1.807, 2.05) is 0 Å². The molecule has 1 aliphatic carbocycles. The van der Waals surface area contributed by atoms with Crippen molar-refractivity contribution >= 4 is 22.4 Å². The summed E-state index contributed by atoms with van der Waals surface area (Å²) in [6.45, 7) is 3.34. The van der Waals surface area contributed by atoms with Crippen molar-refractivity contribution in [1.82, 2.24) is 10.3 Å². The average molecular weight is 349 g/mol. The van der Waals surface area contributed by atoms with E-state index in [-0.39, 0.29) is 11.7 Å². The predicted molar refractivity (Wildman–Crippen MR) is 91.8 cm³/mol. The molecular weight excluding hydrogens is 329 g/mol. The van der Waals surface area contributed by atoms with Crippen LogP contribution in [0, 0.1) is 12.7 Å². The lowest BCUT2D eigenvalue weighted by molar-refractivity contribution is 0.0848. The van der Waals surface area contributed by atoms with Crippen LogP contribution in [0.25, 0.3) is 0 Å². The Morgan fingerprint density at radius 2 is 2.21 bits per heavy atom. The molecule has 0 aliphatic heterocycles. The first-order valence-corrected chi connectivity index (χ1v) is 8.79. The molecule has 1 aromatic carbocycles. The first-order chi connectivity index (χ1) is 11.4. The molecule has 2 aromatic rings. The molecule has 3 rings (SSSR count). The van der Waals surface area contributed by atoms with Crippen LogP contribution < -0.4 is 10.6 Å². The number of hydrogen-bond acceptors (Lipinski definition) is 5. The van der Waals surface area contributed by atoms with Crippen LogP contribution in [0.5, 0.6) is 0 Å². The Bertz CT molecular complexity index is 745. The smallest absolute Gasteiger partial charge is 0.271 e. The van der Waals surface area contributed by atoms with E-state index in [0.29, 0.717) is 22.9 Å². The summed E-state index contributed by atoms with van der Waals surface area (Å²) >= 11 is 1.39. The molecule has 1 heterocycles. The predicted octanol–water partition coefficient (Wildman–Crippen LogP) is 3.02. The molecule has 1 aliphatic rings. The number of anilines is 1. The summed E-state index contributed by atoms with van der Waals surface area (Å²) < 4.78 is 13.3. The number of aliphatic hydroxyl groups excluding tert-OH is 1. The van der Waals surface area contributed by atoms with Crippen molar-refractivity contribution in [2.75, 3.05) is 5.32 Å². The first kappa shape index (κ1) is 16.9. The SMILES string of the molecule is Cc1cc(C(O)C(C)NC(=O)c2csc(NC3CC3)n2)ccc1F. The van der Waals surface area contributed by atoms with Crippen LogP contribution in [0.15, 0.2) is 23.6 Å². The number of carbonyl (C=O) groups is 1. The number of carbonyl (C=O) groups excluding carboxylic acids is 1. The van der Waals surface area contributed by atoms with E-state index in [0.717, 1.165) is 18.0 Å². The van der Waals surface area contributed by atoms with E-state index in [4.69, 9.17) is 0 Å². The van der Waals surface area contributed by atoms with Crippen molar-refractivity contribution in [1.29, 1.82) is 0 Å². The van der Waals surface area contributed by atoms with E-state index in [2.05, 4.69) is 15.6 Å². The van der Waals surface area contributed by atoms with Crippen molar-refractivity contribution in [2.24, 2.45) is 0 Å². The lowest BCUT2D eigenvalue weighted by Gasteiger charge is -2.20. The Balaban J connectivity index is 1.62. The number of aliphatic hydroxyl groups is 1. The van der Waals surface area contributed by atoms with Crippen molar-refractivity contribution in [3.63, 3.8) is 0 Å². The number of aryl methyl sites for hydroxylation is 1. The van der Waals surface area contributed by atoms with Crippen LogP contribution in [0.4, 0.5) is 9.52 Å². The van der Waals surface area contributed by atoms with Crippen LogP contribution in [0.2, 0.25) is 0 Å². The largest absolute Gasteiger partial charge is 0.386 e. The van der Waals surface area contributed by atoms with Gasteiger partial charge in [-0.05, 0) is 43.9 Å². The van der Waals surface area contributed by atoms with Crippen LogP contribution in [-0.4, -0.2) is 28.1 Å². The van der Waals surface area contributed by atoms with Crippen LogP contribution in [0.3, 0.4) is 0 Å². The summed E-state index contributed by atoms with van der Waals surface area (Å²) in [5, 5.41) is 18.8. The van der Waals surface area contributed by atoms with E-state index >= 15 is 0 Å². The first-order valence-electron chi connectivity index (χ1n) is 7.91. The molecule has 5 nitrogen and oxygen atoms in total. The number of rotatable bonds is 6. The number of amides is 1. The van der Waals surface area contributed by atoms with Gasteiger partial charge < -0.3 is 15.7 Å². The minimum atomic E-state index is -0.920. The Labute approximate surface area is 143 Å². The van der Waals surface area contributed by atoms with Gasteiger partial charge in [0.25, 0.3) is 5.91 Å². The van der Waals surface area contributed by atoms with Gasteiger partial charge in [-0.25, -0.2) is 9.37 Å². The molecule has 7 heteroatoms. The highest BCUT2D eigenvalue weighted by Gasteiger charge is 2.24. The summed E-state index contributed by atoms with van der Waals surface area (Å²) in [7, 11) is 0. The van der Waals surface area contributed by atoms with Gasteiger partial charge in [0.05, 0.1) is 12.1 Å². The molecule has 0 saturated heterocycles. The number of nitrogens with one attached hydrogen (secondary N) is 2. The summed E-state index contributed by atoms with van der Waals surface area (Å²) in [5.74, 6) is -0.652. The fraction of sp³-hybridized carbons (Fsp3) is 0.412. The van der Waals surface area contributed by atoms with Gasteiger partial charge in [0.2, 0.25) is 0 Å². The molecule has 1 amide bonds. The summed E-state index contributed by atoms with van der Waals surface area (Å²) in [6, 6.07) is 4.39. The van der Waals surface area contributed by atoms with Gasteiger partial charge in [0.15, 0.2) is 5.13 Å². The third-order valence-corrected chi connectivity index (χ3v) is 4.77. The standard InChI is InChI=1S/C17H20FN3O2S/c1-9-7-11(3-6-13(9)18)15(22)10(2)19-16(23)14-8-24-17(21-14)20-12-4-5-12/h3,6-8,10,12,15,22H,4-5H2,1-2H3,(H,19,23)(H,20,21). The van der Waals surface area contributed by atoms with E-state index in [1.165, 1.54) is 23.5 Å². The van der Waals surface area contributed by atoms with Gasteiger partial charge in [-0.2, -0.15) is 0 Å². The van der Waals surface area contributed by atoms with Crippen molar-refractivity contribution in [3.8, 4) is 0 Å². The highest BCUT2D eigenvalue weighted by Crippen LogP contribution is 2.26. The van der Waals surface area contributed by atoms with E-state index < -0.39 is 12.1 Å². The second-order valence-corrected chi connectivity index (χ2v) is 7.03. The minimum absolute atomic E-state index is 0.319. The van der Waals surface area contributed by atoms with Crippen LogP contribution >= 0.6 is 11.3 Å². The maximum atomic E-state index is 13.3. The summed E-state index contributed by atoms with van der Waals surface area (Å²) in [5.41, 5.74) is 1.36. The number of benzene rings is 1. The van der Waals surface area contributed by atoms with Gasteiger partial charge in [0.1, 0.15) is 11.5 Å². The fourth-order valence-corrected chi connectivity index (χ4v) is 3.12. The molecular formula is C17H20FN3O2S. The molecule has 24 heavy (non-hydrogen) atoms. The lowest BCUT2D eigenvalue weighted by atomic mass is 10.0. The van der Waals surface area contributed by atoms with Crippen LogP contribution in [-0.2, 0) is 0 Å². The number of aromatic nitrogens is 1. The number of thiazole rings is 1. The highest BCUT2D eigenvalue weighted by molar-refractivity contribution is 7.13. The average Bonchev–Trinajstić information content (AvgIpc) is 3.24. The fourth-order valence-electron chi connectivity index (χ4n) is 2.35. The zero-order chi connectivity index (χ0) is 17.3. The maximum absolute atomic E-state index is 13.3. The highest BCUT2D eigenvalue weighted by atomic mass is 32.1. The van der Waals surface area contributed by atoms with Crippen molar-refractivity contribution in [2.45, 2.75) is 44.9 Å². The molecule has 0 bridgehead atoms. The Morgan fingerprint density at radius 3 is 2.88 bits per heavy atom. The molecule has 2 unspecified atom stereocenters. The van der Waals surface area contributed by atoms with Gasteiger partial charge in [0, 0.05) is 11.4 Å². The van der Waals surface area contributed by atoms with Gasteiger partial charge in [-0.1, -0.05) is 12.1 Å². The Hall–Kier alpha value is -1.99. The summed E-state index contributed by atoms with van der Waals surface area (Å²) in [4.78, 5) is 16.5. The maximum Gasteiger partial charge on any atom is 0.271 e. The molecule has 1 saturated carbocycles. The zero-order valence-electron chi connectivity index (χ0n) is 13.5. The third-order valence-electron chi connectivity index (χ3n) is 4.00. The van der Waals surface area contributed by atoms with E-state index in [1.54, 1.807) is 25.3 Å². The molecule has 0 radical (unpaired) electrons. The minimum Gasteiger partial charge on any atom is -0.386 e. The van der Waals surface area contributed by atoms with Gasteiger partial charge in [-0.15, -0.1) is 11.3 Å². The second-order valence-electron chi connectivity index (χ2n) is 6.17. The normalized spacial score (nSPS) is 16.5. The lowest BCUT2D eigenvalue weighted by Crippen LogP contribution is -2.37. The molecule has 3 N–H and O–H groups in total.